The first-order chi connectivity index (χ1) is 9.65. The molecule has 0 spiro atoms. The molecule has 1 heterocycles. The molecule has 0 fully saturated rings. The smallest absolute Gasteiger partial charge is 0.294 e. The molecule has 0 amide bonds. The van der Waals surface area contributed by atoms with Crippen molar-refractivity contribution in [2.24, 2.45) is 0 Å². The maximum Gasteiger partial charge on any atom is 0.343 e. The maximum absolute atomic E-state index is 11.6. The van der Waals surface area contributed by atoms with Crippen LogP contribution >= 0.6 is 11.8 Å². The van der Waals surface area contributed by atoms with Crippen LogP contribution < -0.4 is 5.69 Å². The first-order valence-electron chi connectivity index (χ1n) is 6.62. The van der Waals surface area contributed by atoms with Gasteiger partial charge in [-0.1, -0.05) is 26.0 Å². The lowest BCUT2D eigenvalue weighted by molar-refractivity contribution is 0.0988. The van der Waals surface area contributed by atoms with Gasteiger partial charge in [-0.25, -0.2) is 9.89 Å². The Morgan fingerprint density at radius 3 is 2.60 bits per heavy atom. The standard InChI is InChI=1S/C14H17N3O2S/c1-3-9-17-13(19)15-16-14(17)20-11-7-5-10(6-8-11)12(18)4-2/h5-8H,3-4,9H2,1-2H3,(H,15,19). The molecule has 0 bridgehead atoms. The van der Waals surface area contributed by atoms with E-state index in [1.54, 1.807) is 4.57 Å². The van der Waals surface area contributed by atoms with Crippen molar-refractivity contribution < 1.29 is 4.79 Å². The molecule has 5 nitrogen and oxygen atoms in total. The number of H-pyrrole nitrogens is 1. The first kappa shape index (κ1) is 14.6. The number of hydrogen-bond acceptors (Lipinski definition) is 4. The number of Topliss-reactive ketones (excluding diaryl/α,β-unsaturated/α-hetero) is 1. The van der Waals surface area contributed by atoms with Crippen LogP contribution in [0.15, 0.2) is 39.1 Å². The summed E-state index contributed by atoms with van der Waals surface area (Å²) in [5, 5.41) is 7.13. The summed E-state index contributed by atoms with van der Waals surface area (Å²) in [7, 11) is 0. The summed E-state index contributed by atoms with van der Waals surface area (Å²) in [6.07, 6.45) is 1.37. The molecule has 0 saturated carbocycles. The van der Waals surface area contributed by atoms with Gasteiger partial charge in [0.15, 0.2) is 10.9 Å². The number of aromatic amines is 1. The second-order valence-corrected chi connectivity index (χ2v) is 5.41. The van der Waals surface area contributed by atoms with Gasteiger partial charge in [0.1, 0.15) is 0 Å². The molecule has 0 unspecified atom stereocenters. The van der Waals surface area contributed by atoms with Gasteiger partial charge in [-0.15, -0.1) is 5.10 Å². The molecule has 2 aromatic rings. The lowest BCUT2D eigenvalue weighted by Gasteiger charge is -2.04. The van der Waals surface area contributed by atoms with Gasteiger partial charge in [-0.3, -0.25) is 9.36 Å². The van der Waals surface area contributed by atoms with Crippen molar-refractivity contribution in [2.75, 3.05) is 0 Å². The van der Waals surface area contributed by atoms with E-state index in [0.717, 1.165) is 11.3 Å². The highest BCUT2D eigenvalue weighted by Gasteiger charge is 2.09. The van der Waals surface area contributed by atoms with Crippen molar-refractivity contribution in [3.63, 3.8) is 0 Å². The third kappa shape index (κ3) is 3.19. The van der Waals surface area contributed by atoms with E-state index in [0.29, 0.717) is 23.7 Å². The molecule has 1 N–H and O–H groups in total. The summed E-state index contributed by atoms with van der Waals surface area (Å²) in [6.45, 7) is 4.50. The predicted octanol–water partition coefficient (Wildman–Crippen LogP) is 2.73. The van der Waals surface area contributed by atoms with Gasteiger partial charge in [-0.05, 0) is 30.3 Å². The highest BCUT2D eigenvalue weighted by molar-refractivity contribution is 7.99. The average molecular weight is 291 g/mol. The van der Waals surface area contributed by atoms with Crippen LogP contribution in [0, 0.1) is 0 Å². The first-order valence-corrected chi connectivity index (χ1v) is 7.43. The summed E-state index contributed by atoms with van der Waals surface area (Å²) in [5.74, 6) is 0.129. The minimum absolute atomic E-state index is 0.129. The number of carbonyl (C=O) groups is 1. The zero-order valence-electron chi connectivity index (χ0n) is 11.5. The molecule has 0 saturated heterocycles. The minimum atomic E-state index is -0.188. The van der Waals surface area contributed by atoms with Crippen molar-refractivity contribution in [1.29, 1.82) is 0 Å². The van der Waals surface area contributed by atoms with Crippen LogP contribution in [0.1, 0.15) is 37.0 Å². The monoisotopic (exact) mass is 291 g/mol. The average Bonchev–Trinajstić information content (AvgIpc) is 2.81. The fourth-order valence-corrected chi connectivity index (χ4v) is 2.68. The van der Waals surface area contributed by atoms with E-state index < -0.39 is 0 Å². The topological polar surface area (TPSA) is 67.8 Å². The number of benzene rings is 1. The maximum atomic E-state index is 11.6. The third-order valence-corrected chi connectivity index (χ3v) is 3.88. The molecule has 6 heteroatoms. The molecule has 1 aromatic carbocycles. The molecule has 0 atom stereocenters. The van der Waals surface area contributed by atoms with Gasteiger partial charge < -0.3 is 0 Å². The number of aromatic nitrogens is 3. The normalized spacial score (nSPS) is 10.7. The van der Waals surface area contributed by atoms with Crippen LogP contribution in [-0.4, -0.2) is 20.5 Å². The second-order valence-electron chi connectivity index (χ2n) is 4.37. The molecule has 0 radical (unpaired) electrons. The largest absolute Gasteiger partial charge is 0.343 e. The highest BCUT2D eigenvalue weighted by atomic mass is 32.2. The van der Waals surface area contributed by atoms with E-state index >= 15 is 0 Å². The SMILES string of the molecule is CCCn1c(Sc2ccc(C(=O)CC)cc2)n[nH]c1=O. The van der Waals surface area contributed by atoms with Crippen LogP contribution in [0.5, 0.6) is 0 Å². The van der Waals surface area contributed by atoms with E-state index in [9.17, 15) is 9.59 Å². The van der Waals surface area contributed by atoms with Crippen LogP contribution in [-0.2, 0) is 6.54 Å². The van der Waals surface area contributed by atoms with E-state index in [1.165, 1.54) is 11.8 Å². The minimum Gasteiger partial charge on any atom is -0.294 e. The Morgan fingerprint density at radius 2 is 2.00 bits per heavy atom. The lowest BCUT2D eigenvalue weighted by Crippen LogP contribution is -2.17. The molecule has 0 aliphatic rings. The van der Waals surface area contributed by atoms with Gasteiger partial charge >= 0.3 is 5.69 Å². The van der Waals surface area contributed by atoms with Gasteiger partial charge in [0.2, 0.25) is 0 Å². The quantitative estimate of drug-likeness (QED) is 0.831. The molecule has 0 aliphatic carbocycles. The predicted molar refractivity (Wildman–Crippen MR) is 78.3 cm³/mol. The molecule has 20 heavy (non-hydrogen) atoms. The van der Waals surface area contributed by atoms with Crippen LogP contribution in [0.4, 0.5) is 0 Å². The van der Waals surface area contributed by atoms with Crippen molar-refractivity contribution in [3.8, 4) is 0 Å². The van der Waals surface area contributed by atoms with Crippen molar-refractivity contribution in [3.05, 3.63) is 40.3 Å². The third-order valence-electron chi connectivity index (χ3n) is 2.88. The Bertz CT molecular complexity index is 643. The van der Waals surface area contributed by atoms with E-state index in [-0.39, 0.29) is 11.5 Å². The Hall–Kier alpha value is -1.82. The fourth-order valence-electron chi connectivity index (χ4n) is 1.82. The zero-order valence-corrected chi connectivity index (χ0v) is 12.4. The summed E-state index contributed by atoms with van der Waals surface area (Å²) in [6, 6.07) is 7.37. The Kier molecular flexibility index (Phi) is 4.79. The number of nitrogens with zero attached hydrogens (tertiary/aromatic N) is 2. The zero-order chi connectivity index (χ0) is 14.5. The molecule has 1 aromatic heterocycles. The van der Waals surface area contributed by atoms with Crippen LogP contribution in [0.2, 0.25) is 0 Å². The van der Waals surface area contributed by atoms with Gasteiger partial charge in [0, 0.05) is 23.4 Å². The fraction of sp³-hybridized carbons (Fsp3) is 0.357. The van der Waals surface area contributed by atoms with Crippen molar-refractivity contribution in [2.45, 2.75) is 43.3 Å². The number of rotatable bonds is 6. The Labute approximate surface area is 121 Å². The van der Waals surface area contributed by atoms with Gasteiger partial charge in [0.25, 0.3) is 0 Å². The summed E-state index contributed by atoms with van der Waals surface area (Å²) in [5.41, 5.74) is 0.525. The number of nitrogens with one attached hydrogen (secondary N) is 1. The highest BCUT2D eigenvalue weighted by Crippen LogP contribution is 2.25. The van der Waals surface area contributed by atoms with Crippen LogP contribution in [0.25, 0.3) is 0 Å². The lowest BCUT2D eigenvalue weighted by atomic mass is 10.1. The van der Waals surface area contributed by atoms with Gasteiger partial charge in [-0.2, -0.15) is 0 Å². The van der Waals surface area contributed by atoms with Gasteiger partial charge in [0.05, 0.1) is 0 Å². The molecule has 2 rings (SSSR count). The Balaban J connectivity index is 2.18. The number of hydrogen-bond donors (Lipinski definition) is 1. The molecular formula is C14H17N3O2S. The number of ketones is 1. The van der Waals surface area contributed by atoms with E-state index in [4.69, 9.17) is 0 Å². The summed E-state index contributed by atoms with van der Waals surface area (Å²) < 4.78 is 1.62. The summed E-state index contributed by atoms with van der Waals surface area (Å²) >= 11 is 1.41. The van der Waals surface area contributed by atoms with Crippen molar-refractivity contribution in [1.82, 2.24) is 14.8 Å². The second kappa shape index (κ2) is 6.56. The van der Waals surface area contributed by atoms with E-state index in [1.807, 2.05) is 38.1 Å². The van der Waals surface area contributed by atoms with Crippen molar-refractivity contribution >= 4 is 17.5 Å². The summed E-state index contributed by atoms with van der Waals surface area (Å²) in [4.78, 5) is 24.1. The van der Waals surface area contributed by atoms with Crippen LogP contribution in [0.3, 0.4) is 0 Å². The number of carbonyl (C=O) groups excluding carboxylic acids is 1. The molecule has 0 aliphatic heterocycles. The Morgan fingerprint density at radius 1 is 1.30 bits per heavy atom. The van der Waals surface area contributed by atoms with E-state index in [2.05, 4.69) is 10.2 Å². The molecular weight excluding hydrogens is 274 g/mol. The molecule has 106 valence electrons.